The molecule has 0 radical (unpaired) electrons. The van der Waals surface area contributed by atoms with E-state index in [9.17, 15) is 0 Å². The number of hydrogen-bond acceptors (Lipinski definition) is 3. The molecular weight excluding hydrogens is 328 g/mol. The molecule has 1 atom stereocenters. The first-order valence-corrected chi connectivity index (χ1v) is 8.63. The maximum atomic E-state index is 6.09. The third-order valence-corrected chi connectivity index (χ3v) is 5.23. The first kappa shape index (κ1) is 16.8. The maximum absolute atomic E-state index is 6.09. The van der Waals surface area contributed by atoms with E-state index in [1.807, 2.05) is 12.1 Å². The fraction of sp³-hybridized carbons (Fsp3) is 0.647. The summed E-state index contributed by atoms with van der Waals surface area (Å²) in [6.45, 7) is 7.54. The zero-order valence-electron chi connectivity index (χ0n) is 13.3. The van der Waals surface area contributed by atoms with Gasteiger partial charge in [-0.05, 0) is 56.0 Å². The van der Waals surface area contributed by atoms with Crippen LogP contribution in [0.3, 0.4) is 0 Å². The molecule has 0 aromatic heterocycles. The monoisotopic (exact) mass is 354 g/mol. The molecule has 1 fully saturated rings. The molecule has 1 aliphatic heterocycles. The summed E-state index contributed by atoms with van der Waals surface area (Å²) in [6.07, 6.45) is 2.54. The van der Waals surface area contributed by atoms with Crippen LogP contribution in [-0.4, -0.2) is 31.6 Å². The summed E-state index contributed by atoms with van der Waals surface area (Å²) in [5, 5.41) is 0. The Labute approximate surface area is 137 Å². The molecule has 2 N–H and O–H groups in total. The van der Waals surface area contributed by atoms with Gasteiger partial charge in [0, 0.05) is 16.6 Å². The van der Waals surface area contributed by atoms with Crippen molar-refractivity contribution in [1.82, 2.24) is 4.90 Å². The standard InChI is InChI=1S/C17H27BrN2O/c1-12(2)13-6-8-20(9-7-13)16(11-19)15-10-14(18)4-5-17(15)21-3/h4-5,10,12-13,16H,6-9,11,19H2,1-3H3. The van der Waals surface area contributed by atoms with Crippen LogP contribution in [-0.2, 0) is 0 Å². The summed E-state index contributed by atoms with van der Waals surface area (Å²) in [5.41, 5.74) is 7.28. The fourth-order valence-electron chi connectivity index (χ4n) is 3.34. The molecule has 21 heavy (non-hydrogen) atoms. The molecule has 0 amide bonds. The van der Waals surface area contributed by atoms with Crippen LogP contribution >= 0.6 is 15.9 Å². The highest BCUT2D eigenvalue weighted by Crippen LogP contribution is 2.34. The lowest BCUT2D eigenvalue weighted by atomic mass is 9.86. The highest BCUT2D eigenvalue weighted by atomic mass is 79.9. The number of piperidine rings is 1. The van der Waals surface area contributed by atoms with Crippen molar-refractivity contribution in [3.8, 4) is 5.75 Å². The van der Waals surface area contributed by atoms with Crippen LogP contribution in [0.4, 0.5) is 0 Å². The predicted octanol–water partition coefficient (Wildman–Crippen LogP) is 3.83. The molecule has 118 valence electrons. The Morgan fingerprint density at radius 3 is 2.52 bits per heavy atom. The van der Waals surface area contributed by atoms with Gasteiger partial charge in [-0.2, -0.15) is 0 Å². The summed E-state index contributed by atoms with van der Waals surface area (Å²) >= 11 is 3.56. The highest BCUT2D eigenvalue weighted by Gasteiger charge is 2.28. The van der Waals surface area contributed by atoms with Gasteiger partial charge in [-0.15, -0.1) is 0 Å². The maximum Gasteiger partial charge on any atom is 0.123 e. The topological polar surface area (TPSA) is 38.5 Å². The van der Waals surface area contributed by atoms with Gasteiger partial charge in [0.25, 0.3) is 0 Å². The number of nitrogens with two attached hydrogens (primary N) is 1. The predicted molar refractivity (Wildman–Crippen MR) is 91.6 cm³/mol. The van der Waals surface area contributed by atoms with Crippen LogP contribution in [0.2, 0.25) is 0 Å². The van der Waals surface area contributed by atoms with E-state index in [-0.39, 0.29) is 6.04 Å². The number of hydrogen-bond donors (Lipinski definition) is 1. The van der Waals surface area contributed by atoms with Crippen molar-refractivity contribution in [2.24, 2.45) is 17.6 Å². The molecule has 0 aliphatic carbocycles. The van der Waals surface area contributed by atoms with Crippen molar-refractivity contribution in [1.29, 1.82) is 0 Å². The van der Waals surface area contributed by atoms with Crippen molar-refractivity contribution in [3.05, 3.63) is 28.2 Å². The van der Waals surface area contributed by atoms with E-state index in [0.717, 1.165) is 35.1 Å². The van der Waals surface area contributed by atoms with E-state index >= 15 is 0 Å². The lowest BCUT2D eigenvalue weighted by Crippen LogP contribution is -2.40. The van der Waals surface area contributed by atoms with Crippen molar-refractivity contribution < 1.29 is 4.74 Å². The van der Waals surface area contributed by atoms with Gasteiger partial charge >= 0.3 is 0 Å². The number of benzene rings is 1. The van der Waals surface area contributed by atoms with Crippen LogP contribution in [0, 0.1) is 11.8 Å². The molecule has 0 saturated carbocycles. The molecule has 1 heterocycles. The number of nitrogens with zero attached hydrogens (tertiary/aromatic N) is 1. The van der Waals surface area contributed by atoms with Crippen LogP contribution in [0.1, 0.15) is 38.3 Å². The summed E-state index contributed by atoms with van der Waals surface area (Å²) in [4.78, 5) is 2.52. The van der Waals surface area contributed by atoms with Gasteiger partial charge in [0.1, 0.15) is 5.75 Å². The number of likely N-dealkylation sites (tertiary alicyclic amines) is 1. The number of methoxy groups -OCH3 is 1. The highest BCUT2D eigenvalue weighted by molar-refractivity contribution is 9.10. The minimum Gasteiger partial charge on any atom is -0.496 e. The molecule has 1 aliphatic rings. The molecule has 1 aromatic carbocycles. The lowest BCUT2D eigenvalue weighted by Gasteiger charge is -2.39. The Kier molecular flexibility index (Phi) is 6.08. The molecule has 2 rings (SSSR count). The first-order valence-electron chi connectivity index (χ1n) is 7.84. The molecule has 1 aromatic rings. The van der Waals surface area contributed by atoms with E-state index < -0.39 is 0 Å². The van der Waals surface area contributed by atoms with Crippen LogP contribution in [0.25, 0.3) is 0 Å². The number of rotatable bonds is 5. The Bertz CT molecular complexity index is 456. The largest absolute Gasteiger partial charge is 0.496 e. The molecule has 0 bridgehead atoms. The van der Waals surface area contributed by atoms with Gasteiger partial charge in [-0.1, -0.05) is 29.8 Å². The van der Waals surface area contributed by atoms with Gasteiger partial charge in [-0.3, -0.25) is 4.90 Å². The SMILES string of the molecule is COc1ccc(Br)cc1C(CN)N1CCC(C(C)C)CC1. The second-order valence-corrected chi connectivity index (χ2v) is 7.17. The second-order valence-electron chi connectivity index (χ2n) is 6.26. The summed E-state index contributed by atoms with van der Waals surface area (Å²) in [6, 6.07) is 6.42. The van der Waals surface area contributed by atoms with Gasteiger partial charge in [0.05, 0.1) is 13.2 Å². The third kappa shape index (κ3) is 3.99. The van der Waals surface area contributed by atoms with Crippen molar-refractivity contribution >= 4 is 15.9 Å². The molecule has 1 saturated heterocycles. The van der Waals surface area contributed by atoms with Gasteiger partial charge in [0.2, 0.25) is 0 Å². The second kappa shape index (κ2) is 7.61. The van der Waals surface area contributed by atoms with E-state index in [4.69, 9.17) is 10.5 Å². The molecule has 4 heteroatoms. The van der Waals surface area contributed by atoms with Gasteiger partial charge in [-0.25, -0.2) is 0 Å². The average molecular weight is 355 g/mol. The van der Waals surface area contributed by atoms with E-state index in [1.54, 1.807) is 7.11 Å². The number of ether oxygens (including phenoxy) is 1. The Balaban J connectivity index is 2.15. The third-order valence-electron chi connectivity index (χ3n) is 4.73. The zero-order chi connectivity index (χ0) is 15.4. The molecule has 0 spiro atoms. The smallest absolute Gasteiger partial charge is 0.123 e. The number of halogens is 1. The minimum atomic E-state index is 0.241. The minimum absolute atomic E-state index is 0.241. The van der Waals surface area contributed by atoms with Gasteiger partial charge < -0.3 is 10.5 Å². The average Bonchev–Trinajstić information content (AvgIpc) is 2.49. The van der Waals surface area contributed by atoms with Gasteiger partial charge in [0.15, 0.2) is 0 Å². The normalized spacial score (nSPS) is 19.0. The van der Waals surface area contributed by atoms with E-state index in [0.29, 0.717) is 6.54 Å². The summed E-state index contributed by atoms with van der Waals surface area (Å²) < 4.78 is 6.61. The van der Waals surface area contributed by atoms with E-state index in [2.05, 4.69) is 40.7 Å². The van der Waals surface area contributed by atoms with Crippen LogP contribution in [0.15, 0.2) is 22.7 Å². The van der Waals surface area contributed by atoms with Crippen LogP contribution < -0.4 is 10.5 Å². The fourth-order valence-corrected chi connectivity index (χ4v) is 3.71. The lowest BCUT2D eigenvalue weighted by molar-refractivity contribution is 0.116. The molecule has 1 unspecified atom stereocenters. The van der Waals surface area contributed by atoms with Crippen LogP contribution in [0.5, 0.6) is 5.75 Å². The van der Waals surface area contributed by atoms with Crippen molar-refractivity contribution in [3.63, 3.8) is 0 Å². The Morgan fingerprint density at radius 2 is 2.00 bits per heavy atom. The summed E-state index contributed by atoms with van der Waals surface area (Å²) in [7, 11) is 1.73. The molecular formula is C17H27BrN2O. The van der Waals surface area contributed by atoms with Crippen molar-refractivity contribution in [2.45, 2.75) is 32.7 Å². The Hall–Kier alpha value is -0.580. The summed E-state index contributed by atoms with van der Waals surface area (Å²) in [5.74, 6) is 2.56. The first-order chi connectivity index (χ1) is 10.1. The van der Waals surface area contributed by atoms with Crippen molar-refractivity contribution in [2.75, 3.05) is 26.7 Å². The van der Waals surface area contributed by atoms with E-state index in [1.165, 1.54) is 18.4 Å². The quantitative estimate of drug-likeness (QED) is 0.873. The Morgan fingerprint density at radius 1 is 1.33 bits per heavy atom. The zero-order valence-corrected chi connectivity index (χ0v) is 14.9. The molecule has 3 nitrogen and oxygen atoms in total.